The minimum absolute atomic E-state index is 0.0223. The number of imidazole rings is 1. The van der Waals surface area contributed by atoms with Crippen molar-refractivity contribution in [1.82, 2.24) is 24.5 Å². The van der Waals surface area contributed by atoms with Crippen molar-refractivity contribution >= 4 is 46.5 Å². The number of methoxy groups -OCH3 is 1. The van der Waals surface area contributed by atoms with Crippen LogP contribution in [0.3, 0.4) is 0 Å². The minimum atomic E-state index is -2.81. The second kappa shape index (κ2) is 10.1. The van der Waals surface area contributed by atoms with Crippen LogP contribution in [0.2, 0.25) is 5.02 Å². The number of aromatic nitrogens is 4. The Bertz CT molecular complexity index is 1430. The number of fused-ring (bicyclic) bond motifs is 1. The molecule has 0 radical (unpaired) electrons. The SMILES string of the molecule is CO[C@@H]1CN(c2cc(C(F)F)cc(Nc3nc(NC4CC4)c4ncc(C#N)n4n3)c2Cl)C[C@@H]1N(C)C(=O)O. The maximum absolute atomic E-state index is 13.9. The Morgan fingerprint density at radius 2 is 2.13 bits per heavy atom. The van der Waals surface area contributed by atoms with E-state index in [-0.39, 0.29) is 52.7 Å². The number of likely N-dealkylation sites (N-methyl/N-ethyl adjacent to an activating group) is 1. The van der Waals surface area contributed by atoms with E-state index in [0.29, 0.717) is 11.5 Å². The molecule has 2 aromatic heterocycles. The molecule has 1 saturated carbocycles. The summed E-state index contributed by atoms with van der Waals surface area (Å²) in [6.45, 7) is 0.425. The highest BCUT2D eigenvalue weighted by Crippen LogP contribution is 2.40. The van der Waals surface area contributed by atoms with Gasteiger partial charge in [0.15, 0.2) is 17.2 Å². The van der Waals surface area contributed by atoms with Crippen LogP contribution in [0.25, 0.3) is 5.65 Å². The second-order valence-electron chi connectivity index (χ2n) is 9.16. The van der Waals surface area contributed by atoms with Gasteiger partial charge in [-0.15, -0.1) is 5.10 Å². The highest BCUT2D eigenvalue weighted by molar-refractivity contribution is 6.36. The first kappa shape index (κ1) is 25.7. The molecule has 2 aliphatic rings. The van der Waals surface area contributed by atoms with Crippen molar-refractivity contribution in [1.29, 1.82) is 5.26 Å². The molecule has 3 heterocycles. The molecule has 0 bridgehead atoms. The molecule has 200 valence electrons. The zero-order valence-corrected chi connectivity index (χ0v) is 21.2. The lowest BCUT2D eigenvalue weighted by Gasteiger charge is -2.25. The lowest BCUT2D eigenvalue weighted by molar-refractivity contribution is 0.0536. The van der Waals surface area contributed by atoms with Gasteiger partial charge in [-0.1, -0.05) is 11.6 Å². The first-order valence-electron chi connectivity index (χ1n) is 11.7. The Morgan fingerprint density at radius 1 is 1.37 bits per heavy atom. The molecule has 38 heavy (non-hydrogen) atoms. The average molecular weight is 548 g/mol. The van der Waals surface area contributed by atoms with Gasteiger partial charge in [-0.25, -0.2) is 18.6 Å². The minimum Gasteiger partial charge on any atom is -0.465 e. The fraction of sp³-hybridized carbons (Fsp3) is 0.435. The van der Waals surface area contributed by atoms with Crippen LogP contribution >= 0.6 is 11.6 Å². The third kappa shape index (κ3) is 4.82. The molecule has 0 spiro atoms. The first-order chi connectivity index (χ1) is 18.2. The summed E-state index contributed by atoms with van der Waals surface area (Å²) >= 11 is 6.72. The van der Waals surface area contributed by atoms with E-state index in [2.05, 4.69) is 25.7 Å². The van der Waals surface area contributed by atoms with E-state index in [4.69, 9.17) is 16.3 Å². The summed E-state index contributed by atoms with van der Waals surface area (Å²) in [5, 5.41) is 29.5. The number of hydrogen-bond donors (Lipinski definition) is 3. The number of carboxylic acid groups (broad SMARTS) is 1. The Kier molecular flexibility index (Phi) is 6.80. The molecule has 5 rings (SSSR count). The Balaban J connectivity index is 1.53. The first-order valence-corrected chi connectivity index (χ1v) is 12.1. The fourth-order valence-corrected chi connectivity index (χ4v) is 4.70. The number of amides is 1. The number of anilines is 4. The van der Waals surface area contributed by atoms with Crippen molar-refractivity contribution < 1.29 is 23.4 Å². The Morgan fingerprint density at radius 3 is 2.76 bits per heavy atom. The molecule has 1 saturated heterocycles. The molecule has 1 aliphatic carbocycles. The van der Waals surface area contributed by atoms with Gasteiger partial charge in [0.05, 0.1) is 34.7 Å². The summed E-state index contributed by atoms with van der Waals surface area (Å²) in [4.78, 5) is 23.1. The lowest BCUT2D eigenvalue weighted by Crippen LogP contribution is -2.44. The van der Waals surface area contributed by atoms with Crippen LogP contribution in [-0.2, 0) is 4.74 Å². The van der Waals surface area contributed by atoms with Crippen LogP contribution in [0.15, 0.2) is 18.3 Å². The largest absolute Gasteiger partial charge is 0.465 e. The third-order valence-corrected chi connectivity index (χ3v) is 7.05. The van der Waals surface area contributed by atoms with E-state index < -0.39 is 24.7 Å². The van der Waals surface area contributed by atoms with Crippen molar-refractivity contribution in [2.75, 3.05) is 42.8 Å². The van der Waals surface area contributed by atoms with Gasteiger partial charge in [0.25, 0.3) is 6.43 Å². The highest BCUT2D eigenvalue weighted by Gasteiger charge is 2.39. The van der Waals surface area contributed by atoms with E-state index in [0.717, 1.165) is 17.7 Å². The van der Waals surface area contributed by atoms with Gasteiger partial charge in [-0.2, -0.15) is 14.8 Å². The van der Waals surface area contributed by atoms with Crippen LogP contribution in [0.4, 0.5) is 36.7 Å². The zero-order chi connectivity index (χ0) is 27.1. The summed E-state index contributed by atoms with van der Waals surface area (Å²) in [6, 6.07) is 4.19. The molecule has 2 atom stereocenters. The number of nitrogens with one attached hydrogen (secondary N) is 2. The molecule has 15 heteroatoms. The van der Waals surface area contributed by atoms with Crippen LogP contribution in [0.1, 0.15) is 30.5 Å². The summed E-state index contributed by atoms with van der Waals surface area (Å²) in [7, 11) is 2.90. The predicted octanol–water partition coefficient (Wildman–Crippen LogP) is 3.72. The van der Waals surface area contributed by atoms with Gasteiger partial charge in [0, 0.05) is 38.9 Å². The molecular weight excluding hydrogens is 524 g/mol. The van der Waals surface area contributed by atoms with Crippen LogP contribution in [0.5, 0.6) is 0 Å². The summed E-state index contributed by atoms with van der Waals surface area (Å²) in [6.07, 6.45) is -1.13. The summed E-state index contributed by atoms with van der Waals surface area (Å²) < 4.78 is 34.7. The molecule has 2 fully saturated rings. The number of alkyl halides is 2. The number of halogens is 3. The van der Waals surface area contributed by atoms with Crippen molar-refractivity contribution in [3.63, 3.8) is 0 Å². The van der Waals surface area contributed by atoms with Gasteiger partial charge in [0.2, 0.25) is 5.95 Å². The van der Waals surface area contributed by atoms with E-state index >= 15 is 0 Å². The number of rotatable bonds is 8. The standard InChI is InChI=1S/C23H24ClF2N9O3/c1-33(23(36)37)16-9-34(10-17(16)38-2)15-6-11(19(25)26)5-14(18(15)24)30-22-31-20(29-12-3-4-12)21-28-8-13(7-27)35(21)32-22/h5-6,8,12,16-17,19H,3-4,9-10H2,1-2H3,(H,36,37)(H2,29,30,31,32)/t16-,17+/m0/s1. The van der Waals surface area contributed by atoms with Crippen LogP contribution < -0.4 is 15.5 Å². The maximum atomic E-state index is 13.9. The number of hydrogen-bond acceptors (Lipinski definition) is 9. The molecule has 12 nitrogen and oxygen atoms in total. The molecule has 3 N–H and O–H groups in total. The fourth-order valence-electron chi connectivity index (χ4n) is 4.43. The lowest BCUT2D eigenvalue weighted by atomic mass is 10.1. The van der Waals surface area contributed by atoms with Crippen LogP contribution in [0, 0.1) is 11.3 Å². The Labute approximate surface area is 220 Å². The summed E-state index contributed by atoms with van der Waals surface area (Å²) in [5.41, 5.74) is 0.651. The number of benzene rings is 1. The topological polar surface area (TPSA) is 144 Å². The predicted molar refractivity (Wildman–Crippen MR) is 134 cm³/mol. The third-order valence-electron chi connectivity index (χ3n) is 6.65. The van der Waals surface area contributed by atoms with Crippen LogP contribution in [-0.4, -0.2) is 81.1 Å². The number of ether oxygens (including phenoxy) is 1. The van der Waals surface area contributed by atoms with E-state index in [1.807, 2.05) is 6.07 Å². The van der Waals surface area contributed by atoms with Crippen molar-refractivity contribution in [2.45, 2.75) is 37.5 Å². The van der Waals surface area contributed by atoms with E-state index in [1.54, 1.807) is 4.90 Å². The molecule has 1 aromatic carbocycles. The molecule has 1 aliphatic heterocycles. The smallest absolute Gasteiger partial charge is 0.407 e. The zero-order valence-electron chi connectivity index (χ0n) is 20.4. The maximum Gasteiger partial charge on any atom is 0.407 e. The van der Waals surface area contributed by atoms with E-state index in [1.165, 1.54) is 37.0 Å². The number of carbonyl (C=O) groups is 1. The van der Waals surface area contributed by atoms with Gasteiger partial charge < -0.3 is 30.3 Å². The molecule has 3 aromatic rings. The molecule has 1 amide bonds. The quantitative estimate of drug-likeness (QED) is 0.381. The van der Waals surface area contributed by atoms with Gasteiger partial charge in [-0.05, 0) is 25.0 Å². The summed E-state index contributed by atoms with van der Waals surface area (Å²) in [5.74, 6) is 0.420. The molecule has 0 unspecified atom stereocenters. The van der Waals surface area contributed by atoms with Gasteiger partial charge >= 0.3 is 6.09 Å². The molecular formula is C23H24ClF2N9O3. The van der Waals surface area contributed by atoms with Crippen molar-refractivity contribution in [3.05, 3.63) is 34.6 Å². The van der Waals surface area contributed by atoms with Crippen molar-refractivity contribution in [3.8, 4) is 6.07 Å². The highest BCUT2D eigenvalue weighted by atomic mass is 35.5. The van der Waals surface area contributed by atoms with Gasteiger partial charge in [-0.3, -0.25) is 0 Å². The Hall–Kier alpha value is -3.96. The second-order valence-corrected chi connectivity index (χ2v) is 9.54. The number of nitrogens with zero attached hydrogens (tertiary/aromatic N) is 7. The van der Waals surface area contributed by atoms with Gasteiger partial charge in [0.1, 0.15) is 6.07 Å². The van der Waals surface area contributed by atoms with E-state index in [9.17, 15) is 23.9 Å². The number of nitriles is 1. The van der Waals surface area contributed by atoms with Crippen molar-refractivity contribution in [2.24, 2.45) is 0 Å². The average Bonchev–Trinajstić information content (AvgIpc) is 3.44. The monoisotopic (exact) mass is 547 g/mol. The normalized spacial score (nSPS) is 19.1.